The smallest absolute Gasteiger partial charge is 0.259 e. The molecule has 1 amide bonds. The predicted molar refractivity (Wildman–Crippen MR) is 98.7 cm³/mol. The number of carbonyl (C=O) groups is 1. The summed E-state index contributed by atoms with van der Waals surface area (Å²) in [5, 5.41) is 2.73. The number of anilines is 1. The number of nitrogens with one attached hydrogen (secondary N) is 1. The summed E-state index contributed by atoms with van der Waals surface area (Å²) in [6.45, 7) is 7.09. The largest absolute Gasteiger partial charge is 0.469 e. The van der Waals surface area contributed by atoms with E-state index in [1.807, 2.05) is 0 Å². The topological polar surface area (TPSA) is 82.9 Å². The van der Waals surface area contributed by atoms with Crippen LogP contribution < -0.4 is 5.32 Å². The molecule has 1 aliphatic heterocycles. The molecule has 0 aliphatic carbocycles. The lowest BCUT2D eigenvalue weighted by molar-refractivity contribution is 0.102. The Labute approximate surface area is 153 Å². The molecule has 2 heterocycles. The molecule has 3 rings (SSSR count). The van der Waals surface area contributed by atoms with E-state index >= 15 is 0 Å². The normalized spacial score (nSPS) is 16.5. The SMILES string of the molecule is CCN1CCN(S(=O)(=O)c2cccc(NC(=O)c3ccoc3C)c2)CC1. The molecule has 1 fully saturated rings. The average molecular weight is 377 g/mol. The van der Waals surface area contributed by atoms with E-state index in [2.05, 4.69) is 17.1 Å². The molecule has 26 heavy (non-hydrogen) atoms. The number of furan rings is 1. The van der Waals surface area contributed by atoms with Crippen molar-refractivity contribution in [2.45, 2.75) is 18.7 Å². The number of nitrogens with zero attached hydrogens (tertiary/aromatic N) is 2. The summed E-state index contributed by atoms with van der Waals surface area (Å²) < 4.78 is 32.4. The van der Waals surface area contributed by atoms with Gasteiger partial charge in [-0.2, -0.15) is 4.31 Å². The quantitative estimate of drug-likeness (QED) is 0.863. The summed E-state index contributed by atoms with van der Waals surface area (Å²) in [5.41, 5.74) is 0.859. The fourth-order valence-electron chi connectivity index (χ4n) is 2.99. The highest BCUT2D eigenvalue weighted by Crippen LogP contribution is 2.22. The lowest BCUT2D eigenvalue weighted by Gasteiger charge is -2.33. The number of hydrogen-bond donors (Lipinski definition) is 1. The fraction of sp³-hybridized carbons (Fsp3) is 0.389. The minimum absolute atomic E-state index is 0.184. The molecule has 1 saturated heterocycles. The Balaban J connectivity index is 1.76. The van der Waals surface area contributed by atoms with Crippen LogP contribution in [0.2, 0.25) is 0 Å². The van der Waals surface area contributed by atoms with Crippen molar-refractivity contribution in [1.29, 1.82) is 0 Å². The summed E-state index contributed by atoms with van der Waals surface area (Å²) >= 11 is 0. The van der Waals surface area contributed by atoms with Crippen LogP contribution in [0.25, 0.3) is 0 Å². The number of aryl methyl sites for hydroxylation is 1. The van der Waals surface area contributed by atoms with Gasteiger partial charge in [0, 0.05) is 31.9 Å². The van der Waals surface area contributed by atoms with Gasteiger partial charge in [0.05, 0.1) is 16.7 Å². The van der Waals surface area contributed by atoms with Crippen molar-refractivity contribution in [2.75, 3.05) is 38.0 Å². The first-order valence-corrected chi connectivity index (χ1v) is 10.0. The van der Waals surface area contributed by atoms with Crippen molar-refractivity contribution in [3.63, 3.8) is 0 Å². The third kappa shape index (κ3) is 3.82. The summed E-state index contributed by atoms with van der Waals surface area (Å²) in [4.78, 5) is 14.7. The van der Waals surface area contributed by atoms with Crippen molar-refractivity contribution in [1.82, 2.24) is 9.21 Å². The predicted octanol–water partition coefficient (Wildman–Crippen LogP) is 2.17. The van der Waals surface area contributed by atoms with Crippen LogP contribution in [0.5, 0.6) is 0 Å². The molecule has 1 aliphatic rings. The van der Waals surface area contributed by atoms with Gasteiger partial charge in [0.15, 0.2) is 0 Å². The van der Waals surface area contributed by atoms with Crippen LogP contribution in [-0.2, 0) is 10.0 Å². The Hall–Kier alpha value is -2.16. The van der Waals surface area contributed by atoms with Crippen LogP contribution in [0, 0.1) is 6.92 Å². The monoisotopic (exact) mass is 377 g/mol. The molecule has 140 valence electrons. The van der Waals surface area contributed by atoms with Gasteiger partial charge in [0.25, 0.3) is 5.91 Å². The van der Waals surface area contributed by atoms with Gasteiger partial charge in [-0.1, -0.05) is 13.0 Å². The van der Waals surface area contributed by atoms with Crippen LogP contribution in [-0.4, -0.2) is 56.3 Å². The Bertz CT molecular complexity index is 883. The highest BCUT2D eigenvalue weighted by atomic mass is 32.2. The highest BCUT2D eigenvalue weighted by Gasteiger charge is 2.28. The fourth-order valence-corrected chi connectivity index (χ4v) is 4.46. The molecule has 0 unspecified atom stereocenters. The molecule has 0 atom stereocenters. The standard InChI is InChI=1S/C18H23N3O4S/c1-3-20-8-10-21(11-9-20)26(23,24)16-6-4-5-15(13-16)19-18(22)17-7-12-25-14(17)2/h4-7,12-13H,3,8-11H2,1-2H3,(H,19,22). The molecule has 0 radical (unpaired) electrons. The van der Waals surface area contributed by atoms with Crippen LogP contribution >= 0.6 is 0 Å². The Morgan fingerprint density at radius 1 is 1.19 bits per heavy atom. The van der Waals surface area contributed by atoms with Gasteiger partial charge in [-0.25, -0.2) is 8.42 Å². The van der Waals surface area contributed by atoms with E-state index < -0.39 is 10.0 Å². The second-order valence-electron chi connectivity index (χ2n) is 6.21. The van der Waals surface area contributed by atoms with E-state index in [4.69, 9.17) is 4.42 Å². The maximum Gasteiger partial charge on any atom is 0.259 e. The molecule has 1 aromatic heterocycles. The first-order chi connectivity index (χ1) is 12.4. The number of likely N-dealkylation sites (N-methyl/N-ethyl adjacent to an activating group) is 1. The number of sulfonamides is 1. The lowest BCUT2D eigenvalue weighted by atomic mass is 10.2. The van der Waals surface area contributed by atoms with Crippen LogP contribution in [0.1, 0.15) is 23.0 Å². The Morgan fingerprint density at radius 3 is 2.54 bits per heavy atom. The van der Waals surface area contributed by atoms with E-state index in [0.717, 1.165) is 19.6 Å². The molecule has 2 aromatic rings. The number of hydrogen-bond acceptors (Lipinski definition) is 5. The van der Waals surface area contributed by atoms with Crippen LogP contribution in [0.3, 0.4) is 0 Å². The number of rotatable bonds is 5. The third-order valence-electron chi connectivity index (χ3n) is 4.61. The van der Waals surface area contributed by atoms with Gasteiger partial charge in [-0.05, 0) is 37.7 Å². The van der Waals surface area contributed by atoms with Gasteiger partial charge >= 0.3 is 0 Å². The van der Waals surface area contributed by atoms with Crippen molar-refractivity contribution >= 4 is 21.6 Å². The van der Waals surface area contributed by atoms with Gasteiger partial charge in [0.1, 0.15) is 5.76 Å². The van der Waals surface area contributed by atoms with Crippen molar-refractivity contribution in [2.24, 2.45) is 0 Å². The summed E-state index contributed by atoms with van der Waals surface area (Å²) in [7, 11) is -3.58. The van der Waals surface area contributed by atoms with E-state index in [1.165, 1.54) is 16.6 Å². The summed E-state index contributed by atoms with van der Waals surface area (Å²) in [6, 6.07) is 7.93. The molecular formula is C18H23N3O4S. The van der Waals surface area contributed by atoms with Crippen molar-refractivity contribution in [3.8, 4) is 0 Å². The van der Waals surface area contributed by atoms with Gasteiger partial charge in [-0.3, -0.25) is 4.79 Å². The Morgan fingerprint density at radius 2 is 1.92 bits per heavy atom. The average Bonchev–Trinajstić information content (AvgIpc) is 3.08. The molecular weight excluding hydrogens is 354 g/mol. The highest BCUT2D eigenvalue weighted by molar-refractivity contribution is 7.89. The zero-order valence-electron chi connectivity index (χ0n) is 14.9. The molecule has 1 N–H and O–H groups in total. The van der Waals surface area contributed by atoms with Crippen molar-refractivity contribution < 1.29 is 17.6 Å². The maximum atomic E-state index is 12.9. The number of benzene rings is 1. The number of piperazine rings is 1. The zero-order chi connectivity index (χ0) is 18.7. The van der Waals surface area contributed by atoms with E-state index in [-0.39, 0.29) is 10.8 Å². The second-order valence-corrected chi connectivity index (χ2v) is 8.15. The first kappa shape index (κ1) is 18.6. The second kappa shape index (κ2) is 7.61. The van der Waals surface area contributed by atoms with Crippen molar-refractivity contribution in [3.05, 3.63) is 47.9 Å². The van der Waals surface area contributed by atoms with E-state index in [1.54, 1.807) is 31.2 Å². The number of carbonyl (C=O) groups excluding carboxylic acids is 1. The van der Waals surface area contributed by atoms with E-state index in [9.17, 15) is 13.2 Å². The minimum atomic E-state index is -3.58. The first-order valence-electron chi connectivity index (χ1n) is 8.60. The molecule has 0 spiro atoms. The zero-order valence-corrected chi connectivity index (χ0v) is 15.8. The molecule has 7 nitrogen and oxygen atoms in total. The van der Waals surface area contributed by atoms with Gasteiger partial charge in [-0.15, -0.1) is 0 Å². The lowest BCUT2D eigenvalue weighted by Crippen LogP contribution is -2.48. The number of amides is 1. The maximum absolute atomic E-state index is 12.9. The van der Waals surface area contributed by atoms with E-state index in [0.29, 0.717) is 30.1 Å². The molecule has 1 aromatic carbocycles. The van der Waals surface area contributed by atoms with Gasteiger partial charge < -0.3 is 14.6 Å². The minimum Gasteiger partial charge on any atom is -0.469 e. The Kier molecular flexibility index (Phi) is 5.45. The van der Waals surface area contributed by atoms with Crippen LogP contribution in [0.15, 0.2) is 45.9 Å². The summed E-state index contributed by atoms with van der Waals surface area (Å²) in [5.74, 6) is 0.183. The third-order valence-corrected chi connectivity index (χ3v) is 6.51. The summed E-state index contributed by atoms with van der Waals surface area (Å²) in [6.07, 6.45) is 1.45. The molecule has 0 bridgehead atoms. The molecule has 0 saturated carbocycles. The molecule has 8 heteroatoms. The van der Waals surface area contributed by atoms with Gasteiger partial charge in [0.2, 0.25) is 10.0 Å². The van der Waals surface area contributed by atoms with Crippen LogP contribution in [0.4, 0.5) is 5.69 Å².